The lowest BCUT2D eigenvalue weighted by Gasteiger charge is -2.11. The molecule has 0 unspecified atom stereocenters. The van der Waals surface area contributed by atoms with Crippen LogP contribution in [-0.2, 0) is 6.61 Å². The zero-order chi connectivity index (χ0) is 18.5. The number of hydrogen-bond donors (Lipinski definition) is 1. The normalized spacial score (nSPS) is 10.5. The van der Waals surface area contributed by atoms with Crippen LogP contribution in [0.1, 0.15) is 42.1 Å². The molecule has 0 aliphatic carbocycles. The summed E-state index contributed by atoms with van der Waals surface area (Å²) in [6.07, 6.45) is 1.71. The van der Waals surface area contributed by atoms with Gasteiger partial charge in [-0.05, 0) is 49.2 Å². The molecular formula is C22H21N3O. The number of aromatic nitrogens is 1. The fourth-order valence-corrected chi connectivity index (χ4v) is 2.91. The van der Waals surface area contributed by atoms with Crippen LogP contribution in [0.15, 0.2) is 48.5 Å². The summed E-state index contributed by atoms with van der Waals surface area (Å²) in [5.74, 6) is 0.743. The molecule has 1 heterocycles. The summed E-state index contributed by atoms with van der Waals surface area (Å²) in [6, 6.07) is 17.3. The minimum atomic E-state index is 0.432. The Labute approximate surface area is 153 Å². The first-order valence-corrected chi connectivity index (χ1v) is 8.71. The molecule has 2 aromatic carbocycles. The monoisotopic (exact) mass is 343 g/mol. The SMILES string of the molecule is CCCC(=N)c1cc(C)nc2cc(OCc3ccc(C#N)cc3)ccc12. The number of rotatable bonds is 6. The van der Waals surface area contributed by atoms with Crippen LogP contribution in [0.4, 0.5) is 0 Å². The summed E-state index contributed by atoms with van der Waals surface area (Å²) < 4.78 is 5.88. The van der Waals surface area contributed by atoms with Crippen LogP contribution >= 0.6 is 0 Å². The van der Waals surface area contributed by atoms with Crippen LogP contribution in [0.25, 0.3) is 10.9 Å². The van der Waals surface area contributed by atoms with Gasteiger partial charge in [0.05, 0.1) is 17.1 Å². The van der Waals surface area contributed by atoms with E-state index in [2.05, 4.69) is 18.0 Å². The second-order valence-electron chi connectivity index (χ2n) is 6.32. The first-order chi connectivity index (χ1) is 12.6. The molecule has 0 amide bonds. The molecule has 0 saturated heterocycles. The van der Waals surface area contributed by atoms with Crippen molar-refractivity contribution in [3.63, 3.8) is 0 Å². The van der Waals surface area contributed by atoms with Gasteiger partial charge in [0.15, 0.2) is 0 Å². The summed E-state index contributed by atoms with van der Waals surface area (Å²) in [5.41, 5.74) is 4.99. The molecule has 0 aliphatic rings. The Hall–Kier alpha value is -3.19. The number of nitriles is 1. The van der Waals surface area contributed by atoms with Gasteiger partial charge < -0.3 is 10.1 Å². The molecule has 26 heavy (non-hydrogen) atoms. The van der Waals surface area contributed by atoms with E-state index in [0.29, 0.717) is 17.9 Å². The average molecular weight is 343 g/mol. The fraction of sp³-hybridized carbons (Fsp3) is 0.227. The Morgan fingerprint density at radius 2 is 1.92 bits per heavy atom. The van der Waals surface area contributed by atoms with E-state index in [9.17, 15) is 0 Å². The maximum Gasteiger partial charge on any atom is 0.122 e. The predicted octanol–water partition coefficient (Wildman–Crippen LogP) is 5.16. The van der Waals surface area contributed by atoms with Gasteiger partial charge in [-0.25, -0.2) is 0 Å². The lowest BCUT2D eigenvalue weighted by molar-refractivity contribution is 0.306. The molecule has 0 atom stereocenters. The van der Waals surface area contributed by atoms with E-state index in [1.165, 1.54) is 0 Å². The predicted molar refractivity (Wildman–Crippen MR) is 104 cm³/mol. The van der Waals surface area contributed by atoms with Gasteiger partial charge in [0.1, 0.15) is 12.4 Å². The first-order valence-electron chi connectivity index (χ1n) is 8.71. The molecule has 0 radical (unpaired) electrons. The van der Waals surface area contributed by atoms with Crippen LogP contribution in [0.3, 0.4) is 0 Å². The summed E-state index contributed by atoms with van der Waals surface area (Å²) in [6.45, 7) is 4.47. The molecule has 3 aromatic rings. The molecule has 0 fully saturated rings. The highest BCUT2D eigenvalue weighted by Crippen LogP contribution is 2.25. The number of aryl methyl sites for hydroxylation is 1. The second-order valence-corrected chi connectivity index (χ2v) is 6.32. The first kappa shape index (κ1) is 17.6. The van der Waals surface area contributed by atoms with Crippen molar-refractivity contribution in [2.75, 3.05) is 0 Å². The van der Waals surface area contributed by atoms with Gasteiger partial charge in [-0.15, -0.1) is 0 Å². The van der Waals surface area contributed by atoms with Crippen molar-refractivity contribution in [2.24, 2.45) is 0 Å². The molecular weight excluding hydrogens is 322 g/mol. The number of pyridine rings is 1. The number of nitrogens with zero attached hydrogens (tertiary/aromatic N) is 2. The van der Waals surface area contributed by atoms with Crippen molar-refractivity contribution in [3.05, 3.63) is 70.9 Å². The Morgan fingerprint density at radius 1 is 1.15 bits per heavy atom. The van der Waals surface area contributed by atoms with E-state index in [1.54, 1.807) is 12.1 Å². The van der Waals surface area contributed by atoms with E-state index in [1.807, 2.05) is 43.3 Å². The molecule has 0 saturated carbocycles. The van der Waals surface area contributed by atoms with E-state index in [0.717, 1.165) is 46.3 Å². The van der Waals surface area contributed by atoms with Gasteiger partial charge in [-0.2, -0.15) is 5.26 Å². The van der Waals surface area contributed by atoms with Gasteiger partial charge in [-0.1, -0.05) is 25.5 Å². The third kappa shape index (κ3) is 3.89. The smallest absolute Gasteiger partial charge is 0.122 e. The topological polar surface area (TPSA) is 69.8 Å². The van der Waals surface area contributed by atoms with E-state index < -0.39 is 0 Å². The Balaban J connectivity index is 1.84. The zero-order valence-corrected chi connectivity index (χ0v) is 15.0. The number of nitrogens with one attached hydrogen (secondary N) is 1. The Kier molecular flexibility index (Phi) is 5.28. The van der Waals surface area contributed by atoms with E-state index in [-0.39, 0.29) is 0 Å². The number of benzene rings is 2. The van der Waals surface area contributed by atoms with Crippen LogP contribution in [0, 0.1) is 23.7 Å². The lowest BCUT2D eigenvalue weighted by atomic mass is 10.0. The minimum absolute atomic E-state index is 0.432. The largest absolute Gasteiger partial charge is 0.489 e. The summed E-state index contributed by atoms with van der Waals surface area (Å²) in [7, 11) is 0. The average Bonchev–Trinajstić information content (AvgIpc) is 2.66. The molecule has 4 heteroatoms. The van der Waals surface area contributed by atoms with E-state index >= 15 is 0 Å². The van der Waals surface area contributed by atoms with Crippen LogP contribution in [0.2, 0.25) is 0 Å². The molecule has 130 valence electrons. The van der Waals surface area contributed by atoms with Crippen molar-refractivity contribution in [1.82, 2.24) is 4.98 Å². The number of ether oxygens (including phenoxy) is 1. The molecule has 3 rings (SSSR count). The van der Waals surface area contributed by atoms with Gasteiger partial charge in [0, 0.05) is 28.4 Å². The van der Waals surface area contributed by atoms with Crippen molar-refractivity contribution < 1.29 is 4.74 Å². The van der Waals surface area contributed by atoms with Crippen molar-refractivity contribution >= 4 is 16.6 Å². The van der Waals surface area contributed by atoms with Crippen LogP contribution in [-0.4, -0.2) is 10.7 Å². The molecule has 4 nitrogen and oxygen atoms in total. The highest BCUT2D eigenvalue weighted by Gasteiger charge is 2.10. The minimum Gasteiger partial charge on any atom is -0.489 e. The van der Waals surface area contributed by atoms with Crippen molar-refractivity contribution in [3.8, 4) is 11.8 Å². The quantitative estimate of drug-likeness (QED) is 0.628. The lowest BCUT2D eigenvalue weighted by Crippen LogP contribution is -2.02. The van der Waals surface area contributed by atoms with Gasteiger partial charge in [-0.3, -0.25) is 4.98 Å². The van der Waals surface area contributed by atoms with Gasteiger partial charge in [0.2, 0.25) is 0 Å². The Morgan fingerprint density at radius 3 is 2.62 bits per heavy atom. The third-order valence-electron chi connectivity index (χ3n) is 4.22. The highest BCUT2D eigenvalue weighted by molar-refractivity contribution is 6.08. The van der Waals surface area contributed by atoms with Gasteiger partial charge in [0.25, 0.3) is 0 Å². The van der Waals surface area contributed by atoms with Crippen molar-refractivity contribution in [1.29, 1.82) is 10.7 Å². The number of fused-ring (bicyclic) bond motifs is 1. The highest BCUT2D eigenvalue weighted by atomic mass is 16.5. The second kappa shape index (κ2) is 7.79. The summed E-state index contributed by atoms with van der Waals surface area (Å²) >= 11 is 0. The van der Waals surface area contributed by atoms with Crippen LogP contribution in [0.5, 0.6) is 5.75 Å². The van der Waals surface area contributed by atoms with Crippen molar-refractivity contribution in [2.45, 2.75) is 33.3 Å². The maximum atomic E-state index is 8.85. The standard InChI is InChI=1S/C22H21N3O/c1-3-4-21(24)20-11-15(2)25-22-12-18(9-10-19(20)22)26-14-17-7-5-16(13-23)6-8-17/h5-12,24H,3-4,14H2,1-2H3. The molecule has 0 aliphatic heterocycles. The maximum absolute atomic E-state index is 8.85. The van der Waals surface area contributed by atoms with Crippen LogP contribution < -0.4 is 4.74 Å². The summed E-state index contributed by atoms with van der Waals surface area (Å²) in [4.78, 5) is 4.60. The van der Waals surface area contributed by atoms with E-state index in [4.69, 9.17) is 15.4 Å². The number of hydrogen-bond acceptors (Lipinski definition) is 4. The zero-order valence-electron chi connectivity index (χ0n) is 15.0. The van der Waals surface area contributed by atoms with Gasteiger partial charge >= 0.3 is 0 Å². The summed E-state index contributed by atoms with van der Waals surface area (Å²) in [5, 5.41) is 18.1. The molecule has 1 N–H and O–H groups in total. The molecule has 1 aromatic heterocycles. The molecule has 0 bridgehead atoms. The third-order valence-corrected chi connectivity index (χ3v) is 4.22. The molecule has 0 spiro atoms. The Bertz CT molecular complexity index is 985. The fourth-order valence-electron chi connectivity index (χ4n) is 2.91.